The maximum Gasteiger partial charge on any atom is 0.241 e. The van der Waals surface area contributed by atoms with E-state index in [2.05, 4.69) is 38.2 Å². The Morgan fingerprint density at radius 3 is 2.50 bits per heavy atom. The van der Waals surface area contributed by atoms with Crippen LogP contribution in [0.15, 0.2) is 30.3 Å². The smallest absolute Gasteiger partial charge is 0.241 e. The molecular formula is C17H26N2O. The second kappa shape index (κ2) is 6.89. The van der Waals surface area contributed by atoms with E-state index in [0.717, 1.165) is 13.0 Å². The molecule has 0 aromatic heterocycles. The molecule has 2 unspecified atom stereocenters. The van der Waals surface area contributed by atoms with Crippen LogP contribution in [0.3, 0.4) is 0 Å². The molecule has 1 aliphatic rings. The number of nitrogens with zero attached hydrogens (tertiary/aromatic N) is 1. The summed E-state index contributed by atoms with van der Waals surface area (Å²) in [6.45, 7) is 7.25. The monoisotopic (exact) mass is 274 g/mol. The lowest BCUT2D eigenvalue weighted by molar-refractivity contribution is -0.130. The first-order valence-corrected chi connectivity index (χ1v) is 7.76. The lowest BCUT2D eigenvalue weighted by atomic mass is 10.0. The molecule has 2 atom stereocenters. The quantitative estimate of drug-likeness (QED) is 0.807. The zero-order valence-corrected chi connectivity index (χ0v) is 12.8. The number of hydrogen-bond acceptors (Lipinski definition) is 2. The van der Waals surface area contributed by atoms with Crippen molar-refractivity contribution in [3.8, 4) is 0 Å². The molecule has 1 N–H and O–H groups in total. The van der Waals surface area contributed by atoms with Gasteiger partial charge in [-0.1, -0.05) is 63.9 Å². The van der Waals surface area contributed by atoms with Crippen LogP contribution in [0.2, 0.25) is 0 Å². The minimum atomic E-state index is -0.0539. The van der Waals surface area contributed by atoms with Crippen LogP contribution >= 0.6 is 0 Å². The molecule has 0 saturated carbocycles. The fourth-order valence-electron chi connectivity index (χ4n) is 2.80. The lowest BCUT2D eigenvalue weighted by Gasteiger charge is -2.24. The minimum Gasteiger partial charge on any atom is -0.322 e. The summed E-state index contributed by atoms with van der Waals surface area (Å²) >= 11 is 0. The van der Waals surface area contributed by atoms with Crippen molar-refractivity contribution in [1.82, 2.24) is 10.2 Å². The molecular weight excluding hydrogens is 248 g/mol. The van der Waals surface area contributed by atoms with Crippen molar-refractivity contribution < 1.29 is 4.79 Å². The second-order valence-electron chi connectivity index (χ2n) is 5.94. The summed E-state index contributed by atoms with van der Waals surface area (Å²) in [7, 11) is 0. The van der Waals surface area contributed by atoms with Crippen molar-refractivity contribution in [2.24, 2.45) is 5.92 Å². The van der Waals surface area contributed by atoms with Gasteiger partial charge in [0.1, 0.15) is 6.17 Å². The Labute approximate surface area is 122 Å². The van der Waals surface area contributed by atoms with E-state index in [4.69, 9.17) is 0 Å². The highest BCUT2D eigenvalue weighted by Gasteiger charge is 2.40. The molecule has 2 rings (SSSR count). The molecule has 1 aromatic carbocycles. The fourth-order valence-corrected chi connectivity index (χ4v) is 2.80. The summed E-state index contributed by atoms with van der Waals surface area (Å²) in [5.41, 5.74) is 1.18. The van der Waals surface area contributed by atoms with Crippen LogP contribution in [0.4, 0.5) is 0 Å². The topological polar surface area (TPSA) is 32.3 Å². The summed E-state index contributed by atoms with van der Waals surface area (Å²) in [5.74, 6) is 0.579. The van der Waals surface area contributed by atoms with Crippen LogP contribution < -0.4 is 5.32 Å². The van der Waals surface area contributed by atoms with Gasteiger partial charge in [0, 0.05) is 6.54 Å². The third-order valence-electron chi connectivity index (χ3n) is 3.98. The zero-order valence-electron chi connectivity index (χ0n) is 12.8. The Morgan fingerprint density at radius 1 is 1.20 bits per heavy atom. The Balaban J connectivity index is 2.16. The van der Waals surface area contributed by atoms with Gasteiger partial charge in [-0.15, -0.1) is 0 Å². The number of benzene rings is 1. The van der Waals surface area contributed by atoms with Gasteiger partial charge in [0.15, 0.2) is 0 Å². The van der Waals surface area contributed by atoms with Crippen molar-refractivity contribution >= 4 is 5.91 Å². The predicted octanol–water partition coefficient (Wildman–Crippen LogP) is 3.33. The third kappa shape index (κ3) is 3.21. The first-order valence-electron chi connectivity index (χ1n) is 7.76. The number of amides is 1. The van der Waals surface area contributed by atoms with E-state index in [1.54, 1.807) is 0 Å². The van der Waals surface area contributed by atoms with Crippen LogP contribution in [-0.4, -0.2) is 23.4 Å². The molecule has 0 radical (unpaired) electrons. The molecule has 1 aromatic rings. The SMILES string of the molecule is CCCCCN1C(=O)C(C(C)C)NC1c1ccccc1. The van der Waals surface area contributed by atoms with Crippen molar-refractivity contribution in [3.05, 3.63) is 35.9 Å². The normalized spacial score (nSPS) is 22.8. The molecule has 20 heavy (non-hydrogen) atoms. The number of rotatable bonds is 6. The summed E-state index contributed by atoms with van der Waals surface area (Å²) < 4.78 is 0. The number of hydrogen-bond donors (Lipinski definition) is 1. The van der Waals surface area contributed by atoms with E-state index in [1.807, 2.05) is 23.1 Å². The van der Waals surface area contributed by atoms with Gasteiger partial charge in [0.05, 0.1) is 6.04 Å². The van der Waals surface area contributed by atoms with Crippen LogP contribution in [0.1, 0.15) is 51.8 Å². The molecule has 1 heterocycles. The highest BCUT2D eigenvalue weighted by Crippen LogP contribution is 2.28. The van der Waals surface area contributed by atoms with Gasteiger partial charge in [-0.05, 0) is 17.9 Å². The predicted molar refractivity (Wildman–Crippen MR) is 82.2 cm³/mol. The molecule has 1 amide bonds. The van der Waals surface area contributed by atoms with Gasteiger partial charge in [-0.25, -0.2) is 0 Å². The average molecular weight is 274 g/mol. The van der Waals surface area contributed by atoms with Gasteiger partial charge < -0.3 is 4.90 Å². The number of carbonyl (C=O) groups is 1. The maximum absolute atomic E-state index is 12.6. The van der Waals surface area contributed by atoms with Gasteiger partial charge in [-0.3, -0.25) is 10.1 Å². The van der Waals surface area contributed by atoms with Crippen molar-refractivity contribution in [1.29, 1.82) is 0 Å². The molecule has 3 heteroatoms. The second-order valence-corrected chi connectivity index (χ2v) is 5.94. The van der Waals surface area contributed by atoms with Crippen molar-refractivity contribution in [2.45, 2.75) is 52.2 Å². The van der Waals surface area contributed by atoms with Crippen LogP contribution in [0, 0.1) is 5.92 Å². The van der Waals surface area contributed by atoms with Crippen molar-refractivity contribution in [3.63, 3.8) is 0 Å². The van der Waals surface area contributed by atoms with E-state index in [9.17, 15) is 4.79 Å². The summed E-state index contributed by atoms with van der Waals surface area (Å²) in [4.78, 5) is 14.6. The van der Waals surface area contributed by atoms with Gasteiger partial charge >= 0.3 is 0 Å². The highest BCUT2D eigenvalue weighted by molar-refractivity contribution is 5.84. The first-order chi connectivity index (χ1) is 9.65. The molecule has 110 valence electrons. The molecule has 1 saturated heterocycles. The van der Waals surface area contributed by atoms with Gasteiger partial charge in [0.2, 0.25) is 5.91 Å². The van der Waals surface area contributed by atoms with Crippen LogP contribution in [0.25, 0.3) is 0 Å². The number of nitrogens with one attached hydrogen (secondary N) is 1. The summed E-state index contributed by atoms with van der Waals surface area (Å²) in [5, 5.41) is 3.51. The van der Waals surface area contributed by atoms with Gasteiger partial charge in [0.25, 0.3) is 0 Å². The fraction of sp³-hybridized carbons (Fsp3) is 0.588. The highest BCUT2D eigenvalue weighted by atomic mass is 16.2. The lowest BCUT2D eigenvalue weighted by Crippen LogP contribution is -2.34. The molecule has 1 fully saturated rings. The number of unbranched alkanes of at least 4 members (excludes halogenated alkanes) is 2. The van der Waals surface area contributed by atoms with E-state index >= 15 is 0 Å². The van der Waals surface area contributed by atoms with E-state index in [-0.39, 0.29) is 18.1 Å². The standard InChI is InChI=1S/C17H26N2O/c1-4-5-9-12-19-16(14-10-7-6-8-11-14)18-15(13(2)3)17(19)20/h6-8,10-11,13,15-16,18H,4-5,9,12H2,1-3H3. The average Bonchev–Trinajstić information content (AvgIpc) is 2.78. The Hall–Kier alpha value is -1.35. The van der Waals surface area contributed by atoms with E-state index in [1.165, 1.54) is 18.4 Å². The summed E-state index contributed by atoms with van der Waals surface area (Å²) in [6, 6.07) is 10.2. The minimum absolute atomic E-state index is 0.0351. The zero-order chi connectivity index (χ0) is 14.5. The number of carbonyl (C=O) groups excluding carboxylic acids is 1. The third-order valence-corrected chi connectivity index (χ3v) is 3.98. The first kappa shape index (κ1) is 15.0. The maximum atomic E-state index is 12.6. The Kier molecular flexibility index (Phi) is 5.18. The Bertz CT molecular complexity index is 430. The van der Waals surface area contributed by atoms with Gasteiger partial charge in [-0.2, -0.15) is 0 Å². The molecule has 1 aliphatic heterocycles. The van der Waals surface area contributed by atoms with E-state index in [0.29, 0.717) is 5.92 Å². The molecule has 3 nitrogen and oxygen atoms in total. The largest absolute Gasteiger partial charge is 0.322 e. The molecule has 0 bridgehead atoms. The van der Waals surface area contributed by atoms with Crippen LogP contribution in [-0.2, 0) is 4.79 Å². The molecule has 0 spiro atoms. The van der Waals surface area contributed by atoms with E-state index < -0.39 is 0 Å². The van der Waals surface area contributed by atoms with Crippen molar-refractivity contribution in [2.75, 3.05) is 6.54 Å². The van der Waals surface area contributed by atoms with Crippen LogP contribution in [0.5, 0.6) is 0 Å². The molecule has 0 aliphatic carbocycles. The summed E-state index contributed by atoms with van der Waals surface area (Å²) in [6.07, 6.45) is 3.47. The Morgan fingerprint density at radius 2 is 1.90 bits per heavy atom.